The molecule has 0 aliphatic carbocycles. The van der Waals surface area contributed by atoms with Crippen LogP contribution >= 0.6 is 0 Å². The Balaban J connectivity index is 1.66. The monoisotopic (exact) mass is 436 g/mol. The number of anilines is 1. The highest BCUT2D eigenvalue weighted by Gasteiger charge is 2.20. The molecule has 31 heavy (non-hydrogen) atoms. The van der Waals surface area contributed by atoms with Crippen molar-refractivity contribution in [2.24, 2.45) is 0 Å². The average Bonchev–Trinajstić information content (AvgIpc) is 2.73. The van der Waals surface area contributed by atoms with Crippen LogP contribution in [0.1, 0.15) is 39.0 Å². The van der Waals surface area contributed by atoms with Gasteiger partial charge in [-0.15, -0.1) is 0 Å². The van der Waals surface area contributed by atoms with Crippen LogP contribution in [0.25, 0.3) is 0 Å². The number of hydrogen-bond acceptors (Lipinski definition) is 3. The van der Waals surface area contributed by atoms with Gasteiger partial charge >= 0.3 is 0 Å². The molecule has 3 rings (SSSR count). The van der Waals surface area contributed by atoms with Gasteiger partial charge in [-0.3, -0.25) is 9.52 Å². The Hall–Kier alpha value is -3.12. The third-order valence-electron chi connectivity index (χ3n) is 5.14. The Kier molecular flexibility index (Phi) is 7.13. The van der Waals surface area contributed by atoms with Crippen molar-refractivity contribution in [1.82, 2.24) is 5.32 Å². The lowest BCUT2D eigenvalue weighted by atomic mass is 10.1. The van der Waals surface area contributed by atoms with E-state index in [1.165, 1.54) is 17.2 Å². The van der Waals surface area contributed by atoms with Gasteiger partial charge in [0.15, 0.2) is 0 Å². The summed E-state index contributed by atoms with van der Waals surface area (Å²) in [5.74, 6) is -0.281. The number of rotatable bonds is 8. The number of para-hydroxylation sites is 1. The average molecular weight is 437 g/mol. The zero-order valence-corrected chi connectivity index (χ0v) is 18.9. The zero-order chi connectivity index (χ0) is 22.4. The van der Waals surface area contributed by atoms with E-state index in [1.807, 2.05) is 25.1 Å². The maximum Gasteiger partial charge on any atom is 0.262 e. The van der Waals surface area contributed by atoms with Crippen molar-refractivity contribution in [2.75, 3.05) is 11.3 Å². The second-order valence-electron chi connectivity index (χ2n) is 7.75. The van der Waals surface area contributed by atoms with Crippen LogP contribution in [0.2, 0.25) is 0 Å². The van der Waals surface area contributed by atoms with E-state index < -0.39 is 10.0 Å². The van der Waals surface area contributed by atoms with Crippen molar-refractivity contribution < 1.29 is 13.2 Å². The molecule has 0 unspecified atom stereocenters. The highest BCUT2D eigenvalue weighted by atomic mass is 32.2. The largest absolute Gasteiger partial charge is 0.352 e. The normalized spacial score (nSPS) is 11.2. The van der Waals surface area contributed by atoms with Crippen LogP contribution in [-0.4, -0.2) is 20.9 Å². The van der Waals surface area contributed by atoms with Gasteiger partial charge < -0.3 is 5.32 Å². The van der Waals surface area contributed by atoms with Gasteiger partial charge in [-0.1, -0.05) is 54.1 Å². The highest BCUT2D eigenvalue weighted by molar-refractivity contribution is 7.92. The van der Waals surface area contributed by atoms with E-state index >= 15 is 0 Å². The number of amides is 1. The summed E-state index contributed by atoms with van der Waals surface area (Å²) in [6, 6.07) is 20.2. The smallest absolute Gasteiger partial charge is 0.262 e. The molecule has 0 atom stereocenters. The quantitative estimate of drug-likeness (QED) is 0.499. The van der Waals surface area contributed by atoms with E-state index in [2.05, 4.69) is 35.2 Å². The summed E-state index contributed by atoms with van der Waals surface area (Å²) in [7, 11) is -3.82. The fraction of sp³-hybridized carbons (Fsp3) is 0.240. The van der Waals surface area contributed by atoms with Crippen LogP contribution in [-0.2, 0) is 16.4 Å². The van der Waals surface area contributed by atoms with Gasteiger partial charge in [0, 0.05) is 12.1 Å². The van der Waals surface area contributed by atoms with Crippen LogP contribution in [0.3, 0.4) is 0 Å². The Morgan fingerprint density at radius 2 is 1.65 bits per heavy atom. The van der Waals surface area contributed by atoms with Crippen molar-refractivity contribution in [2.45, 2.75) is 38.5 Å². The number of sulfonamides is 1. The summed E-state index contributed by atoms with van der Waals surface area (Å²) >= 11 is 0. The first-order chi connectivity index (χ1) is 14.8. The lowest BCUT2D eigenvalue weighted by molar-refractivity contribution is 0.0953. The van der Waals surface area contributed by atoms with E-state index in [0.717, 1.165) is 18.4 Å². The van der Waals surface area contributed by atoms with Crippen molar-refractivity contribution in [3.8, 4) is 0 Å². The van der Waals surface area contributed by atoms with Crippen molar-refractivity contribution in [3.63, 3.8) is 0 Å². The summed E-state index contributed by atoms with van der Waals surface area (Å²) in [6.07, 6.45) is 1.68. The molecule has 2 N–H and O–H groups in total. The predicted molar refractivity (Wildman–Crippen MR) is 125 cm³/mol. The molecule has 162 valence electrons. The fourth-order valence-corrected chi connectivity index (χ4v) is 4.78. The molecule has 0 bridgehead atoms. The van der Waals surface area contributed by atoms with Crippen LogP contribution in [0.15, 0.2) is 71.6 Å². The van der Waals surface area contributed by atoms with Crippen molar-refractivity contribution >= 4 is 21.6 Å². The minimum absolute atomic E-state index is 0.100. The fourth-order valence-electron chi connectivity index (χ4n) is 3.38. The molecule has 0 radical (unpaired) electrons. The van der Waals surface area contributed by atoms with Crippen LogP contribution in [0.5, 0.6) is 0 Å². The Morgan fingerprint density at radius 3 is 2.39 bits per heavy atom. The maximum atomic E-state index is 13.0. The summed E-state index contributed by atoms with van der Waals surface area (Å²) in [6.45, 7) is 6.13. The van der Waals surface area contributed by atoms with E-state index in [1.54, 1.807) is 31.2 Å². The van der Waals surface area contributed by atoms with Crippen LogP contribution < -0.4 is 10.0 Å². The summed E-state index contributed by atoms with van der Waals surface area (Å²) in [5.41, 5.74) is 4.71. The molecule has 0 heterocycles. The molecule has 0 spiro atoms. The molecule has 0 saturated heterocycles. The molecular formula is C25H28N2O3S. The summed E-state index contributed by atoms with van der Waals surface area (Å²) in [4.78, 5) is 12.7. The third kappa shape index (κ3) is 5.95. The number of aryl methyl sites for hydroxylation is 4. The standard InChI is InChI=1S/C25H28N2O3S/c1-18-8-6-10-21(16-18)11-7-15-26-25(28)22-14-13-20(3)24(17-22)31(29,30)27-23-12-5-4-9-19(23)2/h4-6,8-10,12-14,16-17,27H,7,11,15H2,1-3H3,(H,26,28). The van der Waals surface area contributed by atoms with Gasteiger partial charge in [0.25, 0.3) is 15.9 Å². The van der Waals surface area contributed by atoms with Gasteiger partial charge in [0.1, 0.15) is 0 Å². The zero-order valence-electron chi connectivity index (χ0n) is 18.1. The van der Waals surface area contributed by atoms with Crippen LogP contribution in [0.4, 0.5) is 5.69 Å². The SMILES string of the molecule is Cc1cccc(CCCNC(=O)c2ccc(C)c(S(=O)(=O)Nc3ccccc3C)c2)c1. The van der Waals surface area contributed by atoms with Gasteiger partial charge in [-0.25, -0.2) is 8.42 Å². The molecule has 0 aliphatic heterocycles. The molecule has 0 fully saturated rings. The van der Waals surface area contributed by atoms with Gasteiger partial charge in [0.05, 0.1) is 10.6 Å². The first kappa shape index (κ1) is 22.6. The number of hydrogen-bond donors (Lipinski definition) is 2. The first-order valence-electron chi connectivity index (χ1n) is 10.3. The lowest BCUT2D eigenvalue weighted by Gasteiger charge is -2.13. The number of nitrogens with one attached hydrogen (secondary N) is 2. The second-order valence-corrected chi connectivity index (χ2v) is 9.40. The minimum Gasteiger partial charge on any atom is -0.352 e. The third-order valence-corrected chi connectivity index (χ3v) is 6.65. The first-order valence-corrected chi connectivity index (χ1v) is 11.8. The Bertz CT molecular complexity index is 1190. The number of benzene rings is 3. The second kappa shape index (κ2) is 9.79. The van der Waals surface area contributed by atoms with E-state index in [0.29, 0.717) is 23.4 Å². The molecule has 3 aromatic rings. The number of carbonyl (C=O) groups is 1. The minimum atomic E-state index is -3.82. The van der Waals surface area contributed by atoms with Gasteiger partial charge in [0.2, 0.25) is 0 Å². The molecular weight excluding hydrogens is 408 g/mol. The predicted octanol–water partition coefficient (Wildman–Crippen LogP) is 4.78. The summed E-state index contributed by atoms with van der Waals surface area (Å²) in [5, 5.41) is 2.89. The Labute approximate surface area is 184 Å². The molecule has 3 aromatic carbocycles. The molecule has 0 aromatic heterocycles. The van der Waals surface area contributed by atoms with Crippen molar-refractivity contribution in [3.05, 3.63) is 94.5 Å². The molecule has 0 aliphatic rings. The number of carbonyl (C=O) groups excluding carboxylic acids is 1. The highest BCUT2D eigenvalue weighted by Crippen LogP contribution is 2.22. The van der Waals surface area contributed by atoms with Gasteiger partial charge in [-0.2, -0.15) is 0 Å². The van der Waals surface area contributed by atoms with E-state index in [9.17, 15) is 13.2 Å². The van der Waals surface area contributed by atoms with Gasteiger partial charge in [-0.05, 0) is 68.5 Å². The molecule has 1 amide bonds. The molecule has 5 nitrogen and oxygen atoms in total. The topological polar surface area (TPSA) is 75.3 Å². The van der Waals surface area contributed by atoms with E-state index in [4.69, 9.17) is 0 Å². The maximum absolute atomic E-state index is 13.0. The van der Waals surface area contributed by atoms with E-state index in [-0.39, 0.29) is 10.8 Å². The lowest BCUT2D eigenvalue weighted by Crippen LogP contribution is -2.25. The Morgan fingerprint density at radius 1 is 0.871 bits per heavy atom. The summed E-state index contributed by atoms with van der Waals surface area (Å²) < 4.78 is 28.5. The van der Waals surface area contributed by atoms with Crippen LogP contribution in [0, 0.1) is 20.8 Å². The molecule has 0 saturated carbocycles. The molecule has 6 heteroatoms. The van der Waals surface area contributed by atoms with Crippen molar-refractivity contribution in [1.29, 1.82) is 0 Å².